The third-order valence-corrected chi connectivity index (χ3v) is 4.29. The second kappa shape index (κ2) is 4.43. The standard InChI is InChI=1S/C12H21N3S/c1-12(2,3)15-6-4-9(8-15)10(13)11-14-5-7-16-11/h5,7,9-10H,4,6,8,13H2,1-3H3. The SMILES string of the molecule is CC(C)(C)N1CCC(C(N)c2nccs2)C1. The Balaban J connectivity index is 1.99. The van der Waals surface area contributed by atoms with Crippen LogP contribution in [0.1, 0.15) is 38.2 Å². The van der Waals surface area contributed by atoms with Crippen LogP contribution in [0.5, 0.6) is 0 Å². The number of nitrogens with zero attached hydrogens (tertiary/aromatic N) is 2. The third kappa shape index (κ3) is 2.44. The number of thiazole rings is 1. The summed E-state index contributed by atoms with van der Waals surface area (Å²) in [5.41, 5.74) is 6.53. The van der Waals surface area contributed by atoms with Gasteiger partial charge in [0, 0.05) is 23.7 Å². The molecule has 0 aromatic carbocycles. The van der Waals surface area contributed by atoms with Gasteiger partial charge in [0.25, 0.3) is 0 Å². The van der Waals surface area contributed by atoms with Crippen molar-refractivity contribution in [3.63, 3.8) is 0 Å². The van der Waals surface area contributed by atoms with Crippen molar-refractivity contribution in [3.05, 3.63) is 16.6 Å². The van der Waals surface area contributed by atoms with Gasteiger partial charge in [0.1, 0.15) is 5.01 Å². The summed E-state index contributed by atoms with van der Waals surface area (Å²) in [7, 11) is 0. The van der Waals surface area contributed by atoms with E-state index in [1.165, 1.54) is 6.42 Å². The molecular formula is C12H21N3S. The number of rotatable bonds is 2. The number of hydrogen-bond acceptors (Lipinski definition) is 4. The average molecular weight is 239 g/mol. The molecule has 1 saturated heterocycles. The average Bonchev–Trinajstić information content (AvgIpc) is 2.87. The van der Waals surface area contributed by atoms with Crippen LogP contribution in [0.25, 0.3) is 0 Å². The molecule has 1 aliphatic heterocycles. The van der Waals surface area contributed by atoms with Gasteiger partial charge >= 0.3 is 0 Å². The summed E-state index contributed by atoms with van der Waals surface area (Å²) in [5, 5.41) is 3.09. The zero-order valence-corrected chi connectivity index (χ0v) is 11.1. The molecule has 90 valence electrons. The van der Waals surface area contributed by atoms with Crippen molar-refractivity contribution in [1.29, 1.82) is 0 Å². The first-order valence-corrected chi connectivity index (χ1v) is 6.76. The minimum atomic E-state index is 0.118. The summed E-state index contributed by atoms with van der Waals surface area (Å²) in [6, 6.07) is 0.118. The molecule has 16 heavy (non-hydrogen) atoms. The van der Waals surface area contributed by atoms with E-state index in [1.807, 2.05) is 11.6 Å². The van der Waals surface area contributed by atoms with Gasteiger partial charge in [-0.05, 0) is 39.7 Å². The maximum absolute atomic E-state index is 6.27. The predicted molar refractivity (Wildman–Crippen MR) is 68.5 cm³/mol. The molecule has 2 rings (SSSR count). The summed E-state index contributed by atoms with van der Waals surface area (Å²) < 4.78 is 0. The van der Waals surface area contributed by atoms with Crippen LogP contribution in [-0.2, 0) is 0 Å². The van der Waals surface area contributed by atoms with Crippen LogP contribution in [-0.4, -0.2) is 28.5 Å². The van der Waals surface area contributed by atoms with Crippen LogP contribution in [0.15, 0.2) is 11.6 Å². The molecule has 4 heteroatoms. The highest BCUT2D eigenvalue weighted by atomic mass is 32.1. The van der Waals surface area contributed by atoms with E-state index in [2.05, 4.69) is 30.7 Å². The second-order valence-electron chi connectivity index (χ2n) is 5.56. The molecular weight excluding hydrogens is 218 g/mol. The van der Waals surface area contributed by atoms with Crippen LogP contribution in [0.3, 0.4) is 0 Å². The van der Waals surface area contributed by atoms with E-state index >= 15 is 0 Å². The number of aromatic nitrogens is 1. The minimum absolute atomic E-state index is 0.118. The molecule has 1 fully saturated rings. The van der Waals surface area contributed by atoms with Gasteiger partial charge in [-0.1, -0.05) is 0 Å². The van der Waals surface area contributed by atoms with Gasteiger partial charge in [0.15, 0.2) is 0 Å². The molecule has 0 saturated carbocycles. The van der Waals surface area contributed by atoms with E-state index in [1.54, 1.807) is 11.3 Å². The van der Waals surface area contributed by atoms with Crippen molar-refractivity contribution < 1.29 is 0 Å². The largest absolute Gasteiger partial charge is 0.322 e. The van der Waals surface area contributed by atoms with Gasteiger partial charge in [-0.15, -0.1) is 11.3 Å². The maximum atomic E-state index is 6.27. The van der Waals surface area contributed by atoms with E-state index in [0.717, 1.165) is 18.1 Å². The Morgan fingerprint density at radius 2 is 2.31 bits per heavy atom. The zero-order valence-electron chi connectivity index (χ0n) is 10.3. The smallest absolute Gasteiger partial charge is 0.110 e. The van der Waals surface area contributed by atoms with Crippen LogP contribution < -0.4 is 5.73 Å². The Morgan fingerprint density at radius 3 is 2.81 bits per heavy atom. The lowest BCUT2D eigenvalue weighted by Gasteiger charge is -2.32. The molecule has 1 aromatic rings. The number of likely N-dealkylation sites (tertiary alicyclic amines) is 1. The molecule has 1 aliphatic rings. The van der Waals surface area contributed by atoms with Crippen LogP contribution in [0.2, 0.25) is 0 Å². The first kappa shape index (κ1) is 12.0. The lowest BCUT2D eigenvalue weighted by Crippen LogP contribution is -2.40. The molecule has 2 heterocycles. The van der Waals surface area contributed by atoms with Crippen molar-refractivity contribution in [2.75, 3.05) is 13.1 Å². The molecule has 1 aromatic heterocycles. The highest BCUT2D eigenvalue weighted by Gasteiger charge is 2.34. The maximum Gasteiger partial charge on any atom is 0.110 e. The molecule has 0 bridgehead atoms. The van der Waals surface area contributed by atoms with Crippen molar-refractivity contribution >= 4 is 11.3 Å². The van der Waals surface area contributed by atoms with E-state index < -0.39 is 0 Å². The van der Waals surface area contributed by atoms with Gasteiger partial charge < -0.3 is 5.73 Å². The lowest BCUT2D eigenvalue weighted by atomic mass is 10.00. The van der Waals surface area contributed by atoms with E-state index in [9.17, 15) is 0 Å². The van der Waals surface area contributed by atoms with E-state index in [4.69, 9.17) is 5.73 Å². The van der Waals surface area contributed by atoms with Gasteiger partial charge in [-0.3, -0.25) is 4.90 Å². The molecule has 0 aliphatic carbocycles. The third-order valence-electron chi connectivity index (χ3n) is 3.42. The fourth-order valence-electron chi connectivity index (χ4n) is 2.29. The van der Waals surface area contributed by atoms with Crippen molar-refractivity contribution in [2.45, 2.75) is 38.8 Å². The summed E-state index contributed by atoms with van der Waals surface area (Å²) in [6.07, 6.45) is 3.04. The summed E-state index contributed by atoms with van der Waals surface area (Å²) in [4.78, 5) is 6.84. The van der Waals surface area contributed by atoms with Crippen LogP contribution >= 0.6 is 11.3 Å². The number of nitrogens with two attached hydrogens (primary N) is 1. The molecule has 2 atom stereocenters. The molecule has 3 nitrogen and oxygen atoms in total. The second-order valence-corrected chi connectivity index (χ2v) is 6.49. The topological polar surface area (TPSA) is 42.1 Å². The lowest BCUT2D eigenvalue weighted by molar-refractivity contribution is 0.165. The van der Waals surface area contributed by atoms with Gasteiger partial charge in [0.05, 0.1) is 6.04 Å². The molecule has 0 spiro atoms. The van der Waals surface area contributed by atoms with Gasteiger partial charge in [-0.2, -0.15) is 0 Å². The Kier molecular flexibility index (Phi) is 3.33. The van der Waals surface area contributed by atoms with Gasteiger partial charge in [0.2, 0.25) is 0 Å². The highest BCUT2D eigenvalue weighted by Crippen LogP contribution is 2.32. The van der Waals surface area contributed by atoms with Crippen molar-refractivity contribution in [1.82, 2.24) is 9.88 Å². The summed E-state index contributed by atoms with van der Waals surface area (Å²) in [5.74, 6) is 0.561. The molecule has 2 unspecified atom stereocenters. The first-order valence-electron chi connectivity index (χ1n) is 5.88. The van der Waals surface area contributed by atoms with E-state index in [-0.39, 0.29) is 11.6 Å². The van der Waals surface area contributed by atoms with Crippen LogP contribution in [0.4, 0.5) is 0 Å². The molecule has 2 N–H and O–H groups in total. The molecule has 0 radical (unpaired) electrons. The Labute approximate surface area is 102 Å². The summed E-state index contributed by atoms with van der Waals surface area (Å²) >= 11 is 1.67. The van der Waals surface area contributed by atoms with Crippen LogP contribution in [0, 0.1) is 5.92 Å². The van der Waals surface area contributed by atoms with Gasteiger partial charge in [-0.25, -0.2) is 4.98 Å². The Hall–Kier alpha value is -0.450. The quantitative estimate of drug-likeness (QED) is 0.861. The van der Waals surface area contributed by atoms with Crippen molar-refractivity contribution in [2.24, 2.45) is 11.7 Å². The zero-order chi connectivity index (χ0) is 11.8. The Morgan fingerprint density at radius 1 is 1.56 bits per heavy atom. The van der Waals surface area contributed by atoms with E-state index in [0.29, 0.717) is 5.92 Å². The highest BCUT2D eigenvalue weighted by molar-refractivity contribution is 7.09. The predicted octanol–water partition coefficient (Wildman–Crippen LogP) is 2.26. The first-order chi connectivity index (χ1) is 7.48. The monoisotopic (exact) mass is 239 g/mol. The minimum Gasteiger partial charge on any atom is -0.322 e. The fourth-order valence-corrected chi connectivity index (χ4v) is 3.02. The summed E-state index contributed by atoms with van der Waals surface area (Å²) in [6.45, 7) is 9.07. The Bertz CT molecular complexity index is 329. The van der Waals surface area contributed by atoms with Crippen molar-refractivity contribution in [3.8, 4) is 0 Å². The fraction of sp³-hybridized carbons (Fsp3) is 0.750. The normalized spacial score (nSPS) is 24.9. The molecule has 0 amide bonds. The number of hydrogen-bond donors (Lipinski definition) is 1.